The van der Waals surface area contributed by atoms with E-state index in [1.807, 2.05) is 0 Å². The van der Waals surface area contributed by atoms with Crippen LogP contribution in [-0.4, -0.2) is 28.4 Å². The largest absolute Gasteiger partial charge is 0.478 e. The summed E-state index contributed by atoms with van der Waals surface area (Å²) in [6.07, 6.45) is 2.52. The van der Waals surface area contributed by atoms with Crippen molar-refractivity contribution in [2.45, 2.75) is 32.7 Å². The van der Waals surface area contributed by atoms with Crippen molar-refractivity contribution >= 4 is 11.9 Å². The maximum atomic E-state index is 13.7. The summed E-state index contributed by atoms with van der Waals surface area (Å²) in [7, 11) is 0. The Balaban J connectivity index is 2.12. The molecule has 1 amide bonds. The fraction of sp³-hybridized carbons (Fsp3) is 0.467. The SMILES string of the molecule is CCCC1CC(=O)N(Cc2cc(C(=O)O)ccc2F)C1. The molecule has 1 fully saturated rings. The molecule has 0 aromatic heterocycles. The van der Waals surface area contributed by atoms with Crippen molar-refractivity contribution in [2.75, 3.05) is 6.54 Å². The van der Waals surface area contributed by atoms with Crippen molar-refractivity contribution in [3.8, 4) is 0 Å². The molecule has 0 bridgehead atoms. The van der Waals surface area contributed by atoms with Crippen LogP contribution in [0.2, 0.25) is 0 Å². The molecule has 0 spiro atoms. The van der Waals surface area contributed by atoms with Crippen LogP contribution in [0.25, 0.3) is 0 Å². The molecular formula is C15H18FNO3. The van der Waals surface area contributed by atoms with Gasteiger partial charge in [0.05, 0.1) is 5.56 Å². The maximum absolute atomic E-state index is 13.7. The number of nitrogens with zero attached hydrogens (tertiary/aromatic N) is 1. The molecule has 1 aromatic rings. The second-order valence-corrected chi connectivity index (χ2v) is 5.24. The van der Waals surface area contributed by atoms with E-state index in [-0.39, 0.29) is 23.6 Å². The molecule has 20 heavy (non-hydrogen) atoms. The normalized spacial score (nSPS) is 18.6. The summed E-state index contributed by atoms with van der Waals surface area (Å²) in [5, 5.41) is 8.92. The van der Waals surface area contributed by atoms with Gasteiger partial charge in [-0.2, -0.15) is 0 Å². The van der Waals surface area contributed by atoms with Gasteiger partial charge in [-0.3, -0.25) is 4.79 Å². The summed E-state index contributed by atoms with van der Waals surface area (Å²) < 4.78 is 13.7. The van der Waals surface area contributed by atoms with E-state index >= 15 is 0 Å². The van der Waals surface area contributed by atoms with Crippen LogP contribution in [0.4, 0.5) is 4.39 Å². The van der Waals surface area contributed by atoms with Gasteiger partial charge in [-0.15, -0.1) is 0 Å². The molecule has 1 unspecified atom stereocenters. The zero-order valence-electron chi connectivity index (χ0n) is 11.4. The van der Waals surface area contributed by atoms with Crippen LogP contribution in [-0.2, 0) is 11.3 Å². The van der Waals surface area contributed by atoms with Crippen molar-refractivity contribution in [1.82, 2.24) is 4.90 Å². The number of halogens is 1. The molecule has 1 aliphatic rings. The van der Waals surface area contributed by atoms with Gasteiger partial charge in [0, 0.05) is 25.1 Å². The minimum Gasteiger partial charge on any atom is -0.478 e. The number of carboxylic acid groups (broad SMARTS) is 1. The molecule has 1 heterocycles. The molecule has 0 radical (unpaired) electrons. The fourth-order valence-electron chi connectivity index (χ4n) is 2.64. The minimum absolute atomic E-state index is 0.0172. The first-order valence-electron chi connectivity index (χ1n) is 6.80. The number of amides is 1. The van der Waals surface area contributed by atoms with Crippen molar-refractivity contribution in [1.29, 1.82) is 0 Å². The Morgan fingerprint density at radius 1 is 1.50 bits per heavy atom. The average Bonchev–Trinajstić information content (AvgIpc) is 2.72. The van der Waals surface area contributed by atoms with Gasteiger partial charge < -0.3 is 10.0 Å². The van der Waals surface area contributed by atoms with E-state index in [9.17, 15) is 14.0 Å². The highest BCUT2D eigenvalue weighted by atomic mass is 19.1. The van der Waals surface area contributed by atoms with Gasteiger partial charge in [0.15, 0.2) is 0 Å². The number of carbonyl (C=O) groups excluding carboxylic acids is 1. The molecule has 108 valence electrons. The van der Waals surface area contributed by atoms with Crippen molar-refractivity contribution in [2.24, 2.45) is 5.92 Å². The monoisotopic (exact) mass is 279 g/mol. The van der Waals surface area contributed by atoms with Crippen LogP contribution in [0.15, 0.2) is 18.2 Å². The van der Waals surface area contributed by atoms with E-state index < -0.39 is 11.8 Å². The first-order chi connectivity index (χ1) is 9.51. The first-order valence-corrected chi connectivity index (χ1v) is 6.80. The van der Waals surface area contributed by atoms with Crippen LogP contribution < -0.4 is 0 Å². The van der Waals surface area contributed by atoms with Gasteiger partial charge >= 0.3 is 5.97 Å². The highest BCUT2D eigenvalue weighted by Crippen LogP contribution is 2.24. The third kappa shape index (κ3) is 3.15. The predicted molar refractivity (Wildman–Crippen MR) is 71.8 cm³/mol. The van der Waals surface area contributed by atoms with E-state index in [1.54, 1.807) is 4.90 Å². The van der Waals surface area contributed by atoms with Gasteiger partial charge in [-0.1, -0.05) is 13.3 Å². The number of hydrogen-bond donors (Lipinski definition) is 1. The second kappa shape index (κ2) is 6.03. The molecule has 1 aromatic carbocycles. The molecule has 1 atom stereocenters. The molecule has 1 aliphatic heterocycles. The lowest BCUT2D eigenvalue weighted by atomic mass is 10.0. The second-order valence-electron chi connectivity index (χ2n) is 5.24. The van der Waals surface area contributed by atoms with Crippen LogP contribution in [0.1, 0.15) is 42.1 Å². The predicted octanol–water partition coefficient (Wildman–Crippen LogP) is 2.67. The maximum Gasteiger partial charge on any atom is 0.335 e. The number of benzene rings is 1. The molecule has 2 rings (SSSR count). The van der Waals surface area contributed by atoms with Crippen LogP contribution in [0.3, 0.4) is 0 Å². The van der Waals surface area contributed by atoms with Gasteiger partial charge in [0.2, 0.25) is 5.91 Å². The topological polar surface area (TPSA) is 57.6 Å². The zero-order valence-corrected chi connectivity index (χ0v) is 11.4. The van der Waals surface area contributed by atoms with Gasteiger partial charge in [-0.25, -0.2) is 9.18 Å². The minimum atomic E-state index is -1.09. The van der Waals surface area contributed by atoms with E-state index in [0.29, 0.717) is 18.9 Å². The van der Waals surface area contributed by atoms with Gasteiger partial charge in [0.25, 0.3) is 0 Å². The third-order valence-electron chi connectivity index (χ3n) is 3.65. The number of carbonyl (C=O) groups is 2. The Kier molecular flexibility index (Phi) is 4.37. The van der Waals surface area contributed by atoms with Crippen LogP contribution >= 0.6 is 0 Å². The summed E-state index contributed by atoms with van der Waals surface area (Å²) in [6.45, 7) is 2.85. The quantitative estimate of drug-likeness (QED) is 0.901. The summed E-state index contributed by atoms with van der Waals surface area (Å²) in [6, 6.07) is 3.67. The molecule has 1 N–H and O–H groups in total. The van der Waals surface area contributed by atoms with Gasteiger partial charge in [0.1, 0.15) is 5.82 Å². The van der Waals surface area contributed by atoms with Crippen molar-refractivity contribution in [3.05, 3.63) is 35.1 Å². The van der Waals surface area contributed by atoms with E-state index in [2.05, 4.69) is 6.92 Å². The molecule has 4 nitrogen and oxygen atoms in total. The number of rotatable bonds is 5. The number of hydrogen-bond acceptors (Lipinski definition) is 2. The van der Waals surface area contributed by atoms with Crippen molar-refractivity contribution < 1.29 is 19.1 Å². The summed E-state index contributed by atoms with van der Waals surface area (Å²) >= 11 is 0. The Hall–Kier alpha value is -1.91. The van der Waals surface area contributed by atoms with E-state index in [1.165, 1.54) is 12.1 Å². The first kappa shape index (κ1) is 14.5. The Morgan fingerprint density at radius 3 is 2.90 bits per heavy atom. The molecule has 1 saturated heterocycles. The summed E-state index contributed by atoms with van der Waals surface area (Å²) in [5.74, 6) is -1.22. The lowest BCUT2D eigenvalue weighted by Crippen LogP contribution is -2.25. The molecule has 0 saturated carbocycles. The fourth-order valence-corrected chi connectivity index (χ4v) is 2.64. The Labute approximate surface area is 117 Å². The molecule has 0 aliphatic carbocycles. The van der Waals surface area contributed by atoms with Gasteiger partial charge in [-0.05, 0) is 30.5 Å². The smallest absolute Gasteiger partial charge is 0.335 e. The van der Waals surface area contributed by atoms with E-state index in [0.717, 1.165) is 18.9 Å². The van der Waals surface area contributed by atoms with Crippen LogP contribution in [0.5, 0.6) is 0 Å². The standard InChI is InChI=1S/C15H18FNO3/c1-2-3-10-6-14(18)17(8-10)9-12-7-11(15(19)20)4-5-13(12)16/h4-5,7,10H,2-3,6,8-9H2,1H3,(H,19,20). The number of carboxylic acids is 1. The van der Waals surface area contributed by atoms with Crippen molar-refractivity contribution in [3.63, 3.8) is 0 Å². The lowest BCUT2D eigenvalue weighted by Gasteiger charge is -2.17. The highest BCUT2D eigenvalue weighted by Gasteiger charge is 2.29. The third-order valence-corrected chi connectivity index (χ3v) is 3.65. The summed E-state index contributed by atoms with van der Waals surface area (Å²) in [5.41, 5.74) is 0.300. The van der Waals surface area contributed by atoms with Crippen LogP contribution in [0, 0.1) is 11.7 Å². The van der Waals surface area contributed by atoms with E-state index in [4.69, 9.17) is 5.11 Å². The number of likely N-dealkylation sites (tertiary alicyclic amines) is 1. The molecule has 5 heteroatoms. The Morgan fingerprint density at radius 2 is 2.25 bits per heavy atom. The molecular weight excluding hydrogens is 261 g/mol. The summed E-state index contributed by atoms with van der Waals surface area (Å²) in [4.78, 5) is 24.4. The Bertz CT molecular complexity index is 530. The average molecular weight is 279 g/mol. The highest BCUT2D eigenvalue weighted by molar-refractivity contribution is 5.87. The lowest BCUT2D eigenvalue weighted by molar-refractivity contribution is -0.128. The number of aromatic carboxylic acids is 1. The zero-order chi connectivity index (χ0) is 14.7.